The second kappa shape index (κ2) is 9.53. The average Bonchev–Trinajstić information content (AvgIpc) is 2.78. The van der Waals surface area contributed by atoms with Crippen LogP contribution in [0.5, 0.6) is 11.5 Å². The molecule has 0 atom stereocenters. The summed E-state index contributed by atoms with van der Waals surface area (Å²) in [6, 6.07) is 13.2. The molecule has 0 N–H and O–H groups in total. The molecule has 0 aliphatic rings. The molecule has 0 unspecified atom stereocenters. The highest BCUT2D eigenvalue weighted by Crippen LogP contribution is 2.29. The number of hydrogen-bond donors (Lipinski definition) is 0. The molecule has 0 radical (unpaired) electrons. The Hall–Kier alpha value is -3.52. The number of carbonyl (C=O) groups is 1. The summed E-state index contributed by atoms with van der Waals surface area (Å²) in [6.45, 7) is 0.0755. The molecule has 1 heterocycles. The van der Waals surface area contributed by atoms with Crippen molar-refractivity contribution in [1.29, 1.82) is 0 Å². The van der Waals surface area contributed by atoms with Crippen molar-refractivity contribution < 1.29 is 19.0 Å². The number of hydrogen-bond acceptors (Lipinski definition) is 6. The molecule has 0 aliphatic carbocycles. The fourth-order valence-corrected chi connectivity index (χ4v) is 2.92. The van der Waals surface area contributed by atoms with Gasteiger partial charge in [-0.15, -0.1) is 0 Å². The highest BCUT2D eigenvalue weighted by atomic mass is 35.5. The van der Waals surface area contributed by atoms with Gasteiger partial charge in [0.15, 0.2) is 11.5 Å². The Labute approximate surface area is 183 Å². The second-order valence-electron chi connectivity index (χ2n) is 6.73. The van der Waals surface area contributed by atoms with E-state index < -0.39 is 17.2 Å². The molecule has 0 saturated carbocycles. The third-order valence-corrected chi connectivity index (χ3v) is 4.94. The summed E-state index contributed by atoms with van der Waals surface area (Å²) in [6.07, 6.45) is 0. The first-order valence-corrected chi connectivity index (χ1v) is 9.66. The molecule has 9 heteroatoms. The number of ether oxygens (including phenoxy) is 3. The quantitative estimate of drug-likeness (QED) is 0.520. The number of benzene rings is 2. The van der Waals surface area contributed by atoms with Gasteiger partial charge in [0.25, 0.3) is 5.56 Å². The van der Waals surface area contributed by atoms with Crippen molar-refractivity contribution in [3.05, 3.63) is 91.2 Å². The van der Waals surface area contributed by atoms with Crippen LogP contribution in [0.25, 0.3) is 0 Å². The van der Waals surface area contributed by atoms with E-state index in [-0.39, 0.29) is 17.9 Å². The van der Waals surface area contributed by atoms with E-state index >= 15 is 0 Å². The lowest BCUT2D eigenvalue weighted by atomic mass is 10.2. The molecule has 8 nitrogen and oxygen atoms in total. The summed E-state index contributed by atoms with van der Waals surface area (Å²) >= 11 is 5.88. The Morgan fingerprint density at radius 1 is 0.935 bits per heavy atom. The molecule has 0 bridgehead atoms. The van der Waals surface area contributed by atoms with Gasteiger partial charge in [0.1, 0.15) is 13.2 Å². The Morgan fingerprint density at radius 3 is 2.32 bits per heavy atom. The van der Waals surface area contributed by atoms with Gasteiger partial charge in [-0.25, -0.2) is 9.59 Å². The van der Waals surface area contributed by atoms with Crippen LogP contribution in [0.2, 0.25) is 5.02 Å². The van der Waals surface area contributed by atoms with Crippen molar-refractivity contribution in [1.82, 2.24) is 9.13 Å². The zero-order valence-corrected chi connectivity index (χ0v) is 18.0. The van der Waals surface area contributed by atoms with Crippen LogP contribution in [0.15, 0.2) is 58.1 Å². The highest BCUT2D eigenvalue weighted by molar-refractivity contribution is 6.30. The van der Waals surface area contributed by atoms with Crippen LogP contribution < -0.4 is 20.7 Å². The molecule has 2 aromatic carbocycles. The fraction of sp³-hybridized carbons (Fsp3) is 0.227. The van der Waals surface area contributed by atoms with Crippen LogP contribution in [-0.4, -0.2) is 22.2 Å². The van der Waals surface area contributed by atoms with Crippen molar-refractivity contribution in [2.24, 2.45) is 14.1 Å². The molecule has 31 heavy (non-hydrogen) atoms. The van der Waals surface area contributed by atoms with Gasteiger partial charge in [-0.3, -0.25) is 13.9 Å². The minimum absolute atomic E-state index is 0.224. The summed E-state index contributed by atoms with van der Waals surface area (Å²) in [7, 11) is 4.35. The van der Waals surface area contributed by atoms with E-state index in [1.54, 1.807) is 24.3 Å². The van der Waals surface area contributed by atoms with Gasteiger partial charge in [-0.1, -0.05) is 23.7 Å². The maximum Gasteiger partial charge on any atom is 0.338 e. The van der Waals surface area contributed by atoms with Crippen LogP contribution in [0, 0.1) is 0 Å². The number of methoxy groups -OCH3 is 1. The molecule has 3 rings (SSSR count). The number of nitrogens with zero attached hydrogens (tertiary/aromatic N) is 2. The van der Waals surface area contributed by atoms with Crippen LogP contribution in [0.3, 0.4) is 0 Å². The lowest BCUT2D eigenvalue weighted by Gasteiger charge is -2.13. The Morgan fingerprint density at radius 2 is 1.65 bits per heavy atom. The summed E-state index contributed by atoms with van der Waals surface area (Å²) in [5.74, 6) is 0.197. The van der Waals surface area contributed by atoms with E-state index in [0.717, 1.165) is 10.1 Å². The predicted molar refractivity (Wildman–Crippen MR) is 115 cm³/mol. The Bertz CT molecular complexity index is 1210. The lowest BCUT2D eigenvalue weighted by Crippen LogP contribution is -2.38. The molecule has 0 amide bonds. The van der Waals surface area contributed by atoms with E-state index in [4.69, 9.17) is 25.8 Å². The predicted octanol–water partition coefficient (Wildman–Crippen LogP) is 2.68. The van der Waals surface area contributed by atoms with Crippen molar-refractivity contribution >= 4 is 17.6 Å². The van der Waals surface area contributed by atoms with Gasteiger partial charge in [0.05, 0.1) is 18.4 Å². The smallest absolute Gasteiger partial charge is 0.338 e. The average molecular weight is 445 g/mol. The Balaban J connectivity index is 1.70. The van der Waals surface area contributed by atoms with Crippen molar-refractivity contribution in [2.45, 2.75) is 13.2 Å². The normalized spacial score (nSPS) is 10.6. The lowest BCUT2D eigenvalue weighted by molar-refractivity contribution is 0.0462. The molecule has 0 fully saturated rings. The highest BCUT2D eigenvalue weighted by Gasteiger charge is 2.14. The van der Waals surface area contributed by atoms with E-state index in [9.17, 15) is 14.4 Å². The topological polar surface area (TPSA) is 88.8 Å². The first-order valence-electron chi connectivity index (χ1n) is 9.28. The number of aromatic nitrogens is 2. The minimum atomic E-state index is -0.629. The van der Waals surface area contributed by atoms with Gasteiger partial charge in [-0.05, 0) is 35.9 Å². The molecule has 0 saturated heterocycles. The van der Waals surface area contributed by atoms with Gasteiger partial charge >= 0.3 is 11.7 Å². The van der Waals surface area contributed by atoms with E-state index in [2.05, 4.69) is 0 Å². The van der Waals surface area contributed by atoms with Crippen molar-refractivity contribution in [3.63, 3.8) is 0 Å². The molecule has 1 aromatic heterocycles. The molecule has 0 aliphatic heterocycles. The Kier molecular flexibility index (Phi) is 6.81. The first-order chi connectivity index (χ1) is 14.8. The zero-order chi connectivity index (χ0) is 22.5. The summed E-state index contributed by atoms with van der Waals surface area (Å²) in [5, 5.41) is 0.639. The monoisotopic (exact) mass is 444 g/mol. The molecular weight excluding hydrogens is 424 g/mol. The summed E-state index contributed by atoms with van der Waals surface area (Å²) < 4.78 is 18.6. The molecule has 0 spiro atoms. The third kappa shape index (κ3) is 5.16. The first kappa shape index (κ1) is 22.2. The van der Waals surface area contributed by atoms with Crippen LogP contribution in [0.1, 0.15) is 21.6 Å². The van der Waals surface area contributed by atoms with Gasteiger partial charge in [-0.2, -0.15) is 0 Å². The maximum atomic E-state index is 12.5. The van der Waals surface area contributed by atoms with Crippen molar-refractivity contribution in [3.8, 4) is 11.5 Å². The zero-order valence-electron chi connectivity index (χ0n) is 17.3. The number of rotatable bonds is 7. The SMILES string of the molecule is COc1cc(C(=O)OCc2cc(=O)n(C)c(=O)n2C)ccc1OCc1ccc(Cl)cc1. The number of esters is 1. The van der Waals surface area contributed by atoms with E-state index in [1.165, 1.54) is 37.9 Å². The van der Waals surface area contributed by atoms with Crippen LogP contribution >= 0.6 is 11.6 Å². The fourth-order valence-electron chi connectivity index (χ4n) is 2.80. The van der Waals surface area contributed by atoms with Crippen LogP contribution in [-0.2, 0) is 32.0 Å². The number of carbonyl (C=O) groups excluding carboxylic acids is 1. The van der Waals surface area contributed by atoms with E-state index in [1.807, 2.05) is 12.1 Å². The second-order valence-corrected chi connectivity index (χ2v) is 7.17. The van der Waals surface area contributed by atoms with E-state index in [0.29, 0.717) is 23.1 Å². The molecular formula is C22H21ClN2O6. The summed E-state index contributed by atoms with van der Waals surface area (Å²) in [4.78, 5) is 36.2. The van der Waals surface area contributed by atoms with Gasteiger partial charge in [0, 0.05) is 25.2 Å². The molecule has 3 aromatic rings. The third-order valence-electron chi connectivity index (χ3n) is 4.68. The maximum absolute atomic E-state index is 12.5. The van der Waals surface area contributed by atoms with Gasteiger partial charge in [0.2, 0.25) is 0 Å². The standard InChI is InChI=1S/C22H21ClN2O6/c1-24-17(11-20(26)25(2)22(24)28)13-31-21(27)15-6-9-18(19(10-15)29-3)30-12-14-4-7-16(23)8-5-14/h4-11H,12-13H2,1-3H3. The largest absolute Gasteiger partial charge is 0.493 e. The van der Waals surface area contributed by atoms with Gasteiger partial charge < -0.3 is 14.2 Å². The number of halogens is 1. The van der Waals surface area contributed by atoms with Crippen LogP contribution in [0.4, 0.5) is 0 Å². The summed E-state index contributed by atoms with van der Waals surface area (Å²) in [5.41, 5.74) is 0.482. The van der Waals surface area contributed by atoms with Crippen molar-refractivity contribution in [2.75, 3.05) is 7.11 Å². The minimum Gasteiger partial charge on any atom is -0.493 e. The molecule has 162 valence electrons.